The normalized spacial score (nSPS) is 11.1. The zero-order chi connectivity index (χ0) is 13.1. The van der Waals surface area contributed by atoms with Crippen LogP contribution in [0, 0.1) is 0 Å². The summed E-state index contributed by atoms with van der Waals surface area (Å²) in [4.78, 5) is 19.6. The number of nitrogens with zero attached hydrogens (tertiary/aromatic N) is 4. The number of thioether (sulfide) groups is 1. The summed E-state index contributed by atoms with van der Waals surface area (Å²) >= 11 is 7.09. The van der Waals surface area contributed by atoms with E-state index in [2.05, 4.69) is 20.2 Å². The van der Waals surface area contributed by atoms with Gasteiger partial charge in [0.2, 0.25) is 0 Å². The van der Waals surface area contributed by atoms with Gasteiger partial charge in [-0.15, -0.1) is 5.10 Å². The number of nitrogens with one attached hydrogen (secondary N) is 1. The second kappa shape index (κ2) is 5.53. The van der Waals surface area contributed by atoms with Crippen molar-refractivity contribution in [3.63, 3.8) is 0 Å². The standard InChI is InChI=1S/C10H12ClN5OS/c1-6(2)16-9(17)14-15-10(16)18-5-7-3-13-8(11)4-12-7/h3-4,6H,5H2,1-2H3,(H,14,17). The number of halogens is 1. The molecule has 0 aliphatic rings. The molecule has 0 bridgehead atoms. The predicted octanol–water partition coefficient (Wildman–Crippen LogP) is 1.89. The van der Waals surface area contributed by atoms with Crippen molar-refractivity contribution in [2.75, 3.05) is 0 Å². The summed E-state index contributed by atoms with van der Waals surface area (Å²) in [5.41, 5.74) is 0.588. The summed E-state index contributed by atoms with van der Waals surface area (Å²) in [6.45, 7) is 3.87. The van der Waals surface area contributed by atoms with Crippen LogP contribution in [0.5, 0.6) is 0 Å². The first kappa shape index (κ1) is 13.1. The molecule has 0 radical (unpaired) electrons. The third-order valence-corrected chi connectivity index (χ3v) is 3.39. The second-order valence-electron chi connectivity index (χ2n) is 3.89. The molecule has 0 fully saturated rings. The van der Waals surface area contributed by atoms with E-state index in [0.717, 1.165) is 5.69 Å². The van der Waals surface area contributed by atoms with Crippen LogP contribution in [-0.4, -0.2) is 24.7 Å². The monoisotopic (exact) mass is 285 g/mol. The fourth-order valence-corrected chi connectivity index (χ4v) is 2.47. The Morgan fingerprint density at radius 2 is 2.22 bits per heavy atom. The van der Waals surface area contributed by atoms with Gasteiger partial charge in [-0.2, -0.15) is 0 Å². The number of hydrogen-bond donors (Lipinski definition) is 1. The van der Waals surface area contributed by atoms with E-state index in [-0.39, 0.29) is 11.7 Å². The van der Waals surface area contributed by atoms with Crippen LogP contribution in [0.15, 0.2) is 22.3 Å². The lowest BCUT2D eigenvalue weighted by molar-refractivity contribution is 0.534. The molecule has 0 aliphatic heterocycles. The first-order valence-electron chi connectivity index (χ1n) is 5.34. The minimum atomic E-state index is -0.199. The van der Waals surface area contributed by atoms with E-state index in [9.17, 15) is 4.79 Å². The van der Waals surface area contributed by atoms with Gasteiger partial charge in [0.1, 0.15) is 5.15 Å². The Labute approximate surface area is 113 Å². The first-order chi connectivity index (χ1) is 8.58. The van der Waals surface area contributed by atoms with Crippen LogP contribution < -0.4 is 5.69 Å². The zero-order valence-corrected chi connectivity index (χ0v) is 11.5. The lowest BCUT2D eigenvalue weighted by Crippen LogP contribution is -2.19. The maximum absolute atomic E-state index is 11.5. The number of hydrogen-bond acceptors (Lipinski definition) is 5. The molecule has 0 saturated carbocycles. The van der Waals surface area contributed by atoms with E-state index in [1.807, 2.05) is 13.8 Å². The maximum Gasteiger partial charge on any atom is 0.344 e. The molecule has 1 N–H and O–H groups in total. The minimum Gasteiger partial charge on any atom is -0.268 e. The molecule has 6 nitrogen and oxygen atoms in total. The number of rotatable bonds is 4. The lowest BCUT2D eigenvalue weighted by atomic mass is 10.4. The molecular weight excluding hydrogens is 274 g/mol. The van der Waals surface area contributed by atoms with E-state index in [4.69, 9.17) is 11.6 Å². The Balaban J connectivity index is 2.11. The summed E-state index contributed by atoms with van der Waals surface area (Å²) in [7, 11) is 0. The summed E-state index contributed by atoms with van der Waals surface area (Å²) in [6, 6.07) is 0.0649. The Hall–Kier alpha value is -1.34. The van der Waals surface area contributed by atoms with Crippen molar-refractivity contribution in [2.45, 2.75) is 30.8 Å². The van der Waals surface area contributed by atoms with Crippen LogP contribution in [0.3, 0.4) is 0 Å². The van der Waals surface area contributed by atoms with Crippen LogP contribution >= 0.6 is 23.4 Å². The van der Waals surface area contributed by atoms with E-state index >= 15 is 0 Å². The highest BCUT2D eigenvalue weighted by atomic mass is 35.5. The van der Waals surface area contributed by atoms with Gasteiger partial charge in [0.05, 0.1) is 18.1 Å². The maximum atomic E-state index is 11.5. The fraction of sp³-hybridized carbons (Fsp3) is 0.400. The van der Waals surface area contributed by atoms with E-state index in [1.165, 1.54) is 18.0 Å². The van der Waals surface area contributed by atoms with Crippen LogP contribution in [0.2, 0.25) is 5.15 Å². The van der Waals surface area contributed by atoms with Gasteiger partial charge >= 0.3 is 5.69 Å². The quantitative estimate of drug-likeness (QED) is 0.868. The predicted molar refractivity (Wildman–Crippen MR) is 69.8 cm³/mol. The largest absolute Gasteiger partial charge is 0.344 e. The Morgan fingerprint density at radius 3 is 2.83 bits per heavy atom. The third kappa shape index (κ3) is 2.91. The van der Waals surface area contributed by atoms with Gasteiger partial charge in [0, 0.05) is 11.8 Å². The molecule has 0 saturated heterocycles. The molecule has 0 atom stereocenters. The van der Waals surface area contributed by atoms with Crippen molar-refractivity contribution in [3.8, 4) is 0 Å². The molecule has 0 spiro atoms. The van der Waals surface area contributed by atoms with Crippen LogP contribution in [-0.2, 0) is 5.75 Å². The van der Waals surface area contributed by atoms with Crippen molar-refractivity contribution in [3.05, 3.63) is 33.7 Å². The van der Waals surface area contributed by atoms with Crippen LogP contribution in [0.1, 0.15) is 25.6 Å². The minimum absolute atomic E-state index is 0.0649. The SMILES string of the molecule is CC(C)n1c(SCc2cnc(Cl)cn2)n[nH]c1=O. The third-order valence-electron chi connectivity index (χ3n) is 2.21. The highest BCUT2D eigenvalue weighted by molar-refractivity contribution is 7.98. The number of aromatic amines is 1. The lowest BCUT2D eigenvalue weighted by Gasteiger charge is -2.07. The van der Waals surface area contributed by atoms with Crippen LogP contribution in [0.25, 0.3) is 0 Å². The summed E-state index contributed by atoms with van der Waals surface area (Å²) in [5.74, 6) is 0.585. The molecule has 2 aromatic heterocycles. The zero-order valence-electron chi connectivity index (χ0n) is 9.92. The molecule has 2 aromatic rings. The molecule has 0 aliphatic carbocycles. The number of aromatic nitrogens is 5. The molecule has 0 aromatic carbocycles. The van der Waals surface area contributed by atoms with Gasteiger partial charge in [0.25, 0.3) is 0 Å². The Kier molecular flexibility index (Phi) is 4.03. The van der Waals surface area contributed by atoms with Crippen molar-refractivity contribution in [1.29, 1.82) is 0 Å². The van der Waals surface area contributed by atoms with E-state index < -0.39 is 0 Å². The van der Waals surface area contributed by atoms with E-state index in [0.29, 0.717) is 16.1 Å². The second-order valence-corrected chi connectivity index (χ2v) is 5.22. The molecule has 2 rings (SSSR count). The van der Waals surface area contributed by atoms with E-state index in [1.54, 1.807) is 10.8 Å². The number of H-pyrrole nitrogens is 1. The van der Waals surface area contributed by atoms with Gasteiger partial charge in [-0.3, -0.25) is 9.55 Å². The van der Waals surface area contributed by atoms with Gasteiger partial charge in [-0.25, -0.2) is 14.9 Å². The van der Waals surface area contributed by atoms with Crippen LogP contribution in [0.4, 0.5) is 0 Å². The van der Waals surface area contributed by atoms with Gasteiger partial charge in [-0.1, -0.05) is 23.4 Å². The van der Waals surface area contributed by atoms with Crippen molar-refractivity contribution in [2.24, 2.45) is 0 Å². The fourth-order valence-electron chi connectivity index (χ4n) is 1.40. The Morgan fingerprint density at radius 1 is 1.44 bits per heavy atom. The molecule has 18 heavy (non-hydrogen) atoms. The summed E-state index contributed by atoms with van der Waals surface area (Å²) < 4.78 is 1.61. The average Bonchev–Trinajstić information content (AvgIpc) is 2.70. The molecule has 8 heteroatoms. The first-order valence-corrected chi connectivity index (χ1v) is 6.70. The van der Waals surface area contributed by atoms with Crippen molar-refractivity contribution in [1.82, 2.24) is 24.7 Å². The highest BCUT2D eigenvalue weighted by Crippen LogP contribution is 2.20. The molecule has 96 valence electrons. The van der Waals surface area contributed by atoms with Gasteiger partial charge in [0.15, 0.2) is 5.16 Å². The molecule has 0 unspecified atom stereocenters. The molecule has 0 amide bonds. The average molecular weight is 286 g/mol. The van der Waals surface area contributed by atoms with Gasteiger partial charge < -0.3 is 0 Å². The van der Waals surface area contributed by atoms with Crippen molar-refractivity contribution >= 4 is 23.4 Å². The molecule has 2 heterocycles. The topological polar surface area (TPSA) is 76.5 Å². The summed E-state index contributed by atoms with van der Waals surface area (Å²) in [6.07, 6.45) is 3.11. The molecular formula is C10H12ClN5OS. The smallest absolute Gasteiger partial charge is 0.268 e. The summed E-state index contributed by atoms with van der Waals surface area (Å²) in [5, 5.41) is 7.44. The van der Waals surface area contributed by atoms with Gasteiger partial charge in [-0.05, 0) is 13.8 Å². The van der Waals surface area contributed by atoms with Crippen molar-refractivity contribution < 1.29 is 0 Å². The Bertz CT molecular complexity index is 577. The highest BCUT2D eigenvalue weighted by Gasteiger charge is 2.12.